The van der Waals surface area contributed by atoms with Crippen LogP contribution >= 0.6 is 0 Å². The van der Waals surface area contributed by atoms with E-state index >= 15 is 0 Å². The molecule has 3 N–H and O–H groups in total. The van der Waals surface area contributed by atoms with Crippen molar-refractivity contribution in [3.05, 3.63) is 29.8 Å². The van der Waals surface area contributed by atoms with Gasteiger partial charge in [0.1, 0.15) is 0 Å². The fraction of sp³-hybridized carbons (Fsp3) is 0.556. The van der Waals surface area contributed by atoms with Crippen LogP contribution < -0.4 is 10.6 Å². The quantitative estimate of drug-likeness (QED) is 0.704. The van der Waals surface area contributed by atoms with Crippen LogP contribution in [-0.4, -0.2) is 29.6 Å². The Morgan fingerprint density at radius 1 is 1.22 bits per heavy atom. The zero-order chi connectivity index (χ0) is 17.6. The number of aryl methyl sites for hydroxylation is 1. The van der Waals surface area contributed by atoms with Crippen molar-refractivity contribution in [1.82, 2.24) is 5.32 Å². The lowest BCUT2D eigenvalue weighted by Crippen LogP contribution is -2.46. The third-order valence-corrected chi connectivity index (χ3v) is 3.94. The van der Waals surface area contributed by atoms with Gasteiger partial charge in [0.05, 0.1) is 6.10 Å². The van der Waals surface area contributed by atoms with Crippen molar-refractivity contribution in [2.75, 3.05) is 11.9 Å². The summed E-state index contributed by atoms with van der Waals surface area (Å²) in [6.07, 6.45) is 0.295. The largest absolute Gasteiger partial charge is 0.392 e. The molecule has 1 aromatic carbocycles. The smallest absolute Gasteiger partial charge is 0.313 e. The minimum Gasteiger partial charge on any atom is -0.392 e. The summed E-state index contributed by atoms with van der Waals surface area (Å²) in [6, 6.07) is 7.40. The number of carbonyl (C=O) groups is 2. The molecule has 1 aromatic rings. The number of carbonyl (C=O) groups excluding carboxylic acids is 2. The molecular weight excluding hydrogens is 292 g/mol. The molecule has 1 unspecified atom stereocenters. The lowest BCUT2D eigenvalue weighted by atomic mass is 9.81. The number of rotatable bonds is 6. The molecule has 0 saturated carbocycles. The van der Waals surface area contributed by atoms with Crippen molar-refractivity contribution in [1.29, 1.82) is 0 Å². The molecule has 0 aromatic heterocycles. The zero-order valence-corrected chi connectivity index (χ0v) is 14.6. The van der Waals surface area contributed by atoms with Gasteiger partial charge in [-0.1, -0.05) is 46.8 Å². The van der Waals surface area contributed by atoms with Gasteiger partial charge in [-0.2, -0.15) is 0 Å². The molecule has 128 valence electrons. The normalized spacial score (nSPS) is 12.8. The monoisotopic (exact) mass is 320 g/mol. The molecule has 5 nitrogen and oxygen atoms in total. The Bertz CT molecular complexity index is 553. The molecule has 0 bridgehead atoms. The molecule has 0 heterocycles. The van der Waals surface area contributed by atoms with Crippen molar-refractivity contribution in [3.8, 4) is 0 Å². The average Bonchev–Trinajstić information content (AvgIpc) is 2.51. The van der Waals surface area contributed by atoms with Gasteiger partial charge in [-0.25, -0.2) is 0 Å². The Morgan fingerprint density at radius 3 is 2.43 bits per heavy atom. The summed E-state index contributed by atoms with van der Waals surface area (Å²) in [4.78, 5) is 23.9. The zero-order valence-electron chi connectivity index (χ0n) is 14.6. The number of aliphatic hydroxyl groups excluding tert-OH is 1. The first-order chi connectivity index (χ1) is 10.7. The van der Waals surface area contributed by atoms with Crippen molar-refractivity contribution < 1.29 is 14.7 Å². The number of aliphatic hydroxyl groups is 1. The van der Waals surface area contributed by atoms with Crippen molar-refractivity contribution in [2.45, 2.75) is 47.1 Å². The topological polar surface area (TPSA) is 78.4 Å². The first-order valence-corrected chi connectivity index (χ1v) is 8.03. The molecule has 0 saturated heterocycles. The van der Waals surface area contributed by atoms with E-state index in [0.717, 1.165) is 12.0 Å². The summed E-state index contributed by atoms with van der Waals surface area (Å²) in [5, 5.41) is 15.3. The molecule has 1 atom stereocenters. The van der Waals surface area contributed by atoms with E-state index in [4.69, 9.17) is 0 Å². The number of nitrogens with one attached hydrogen (secondary N) is 2. The van der Waals surface area contributed by atoms with Crippen LogP contribution in [0.4, 0.5) is 5.69 Å². The first kappa shape index (κ1) is 19.2. The molecule has 2 amide bonds. The molecule has 0 spiro atoms. The van der Waals surface area contributed by atoms with Gasteiger partial charge in [-0.15, -0.1) is 0 Å². The number of benzene rings is 1. The summed E-state index contributed by atoms with van der Waals surface area (Å²) >= 11 is 0. The number of hydrogen-bond acceptors (Lipinski definition) is 3. The molecule has 1 rings (SSSR count). The molecule has 0 aliphatic rings. The standard InChI is InChI=1S/C18H28N2O3/c1-6-13-8-7-9-14(10-13)20-17(23)16(22)19-11-18(4,5)15(21)12(2)3/h7-10,12,15,21H,6,11H2,1-5H3,(H,19,22)(H,20,23). The van der Waals surface area contributed by atoms with Gasteiger partial charge >= 0.3 is 11.8 Å². The maximum Gasteiger partial charge on any atom is 0.313 e. The Hall–Kier alpha value is -1.88. The predicted molar refractivity (Wildman–Crippen MR) is 92.1 cm³/mol. The van der Waals surface area contributed by atoms with Gasteiger partial charge in [0.2, 0.25) is 0 Å². The Kier molecular flexibility index (Phi) is 6.76. The van der Waals surface area contributed by atoms with Crippen molar-refractivity contribution >= 4 is 17.5 Å². The summed E-state index contributed by atoms with van der Waals surface area (Å²) in [5.41, 5.74) is 1.18. The van der Waals surface area contributed by atoms with Crippen LogP contribution in [0.3, 0.4) is 0 Å². The Morgan fingerprint density at radius 2 is 1.87 bits per heavy atom. The summed E-state index contributed by atoms with van der Waals surface area (Å²) in [7, 11) is 0. The van der Waals surface area contributed by atoms with E-state index in [-0.39, 0.29) is 12.5 Å². The third kappa shape index (κ3) is 5.67. The van der Waals surface area contributed by atoms with Gasteiger partial charge < -0.3 is 15.7 Å². The van der Waals surface area contributed by atoms with E-state index in [0.29, 0.717) is 5.69 Å². The van der Waals surface area contributed by atoms with Gasteiger partial charge in [0.25, 0.3) is 0 Å². The SMILES string of the molecule is CCc1cccc(NC(=O)C(=O)NCC(C)(C)C(O)C(C)C)c1. The van der Waals surface area contributed by atoms with Crippen molar-refractivity contribution in [2.24, 2.45) is 11.3 Å². The van der Waals surface area contributed by atoms with Crippen LogP contribution in [0.2, 0.25) is 0 Å². The Labute approximate surface area is 138 Å². The van der Waals surface area contributed by atoms with E-state index in [1.807, 2.05) is 52.8 Å². The maximum absolute atomic E-state index is 11.9. The van der Waals surface area contributed by atoms with Crippen LogP contribution in [0, 0.1) is 11.3 Å². The van der Waals surface area contributed by atoms with Crippen LogP contribution in [0.1, 0.15) is 40.2 Å². The number of amides is 2. The second-order valence-electron chi connectivity index (χ2n) is 6.87. The minimum atomic E-state index is -0.701. The second kappa shape index (κ2) is 8.11. The summed E-state index contributed by atoms with van der Waals surface area (Å²) in [5.74, 6) is -1.32. The van der Waals surface area contributed by atoms with Gasteiger partial charge in [-0.3, -0.25) is 9.59 Å². The highest BCUT2D eigenvalue weighted by Crippen LogP contribution is 2.25. The van der Waals surface area contributed by atoms with E-state index in [9.17, 15) is 14.7 Å². The van der Waals surface area contributed by atoms with Crippen LogP contribution in [0.15, 0.2) is 24.3 Å². The van der Waals surface area contributed by atoms with Crippen molar-refractivity contribution in [3.63, 3.8) is 0 Å². The number of anilines is 1. The van der Waals surface area contributed by atoms with E-state index < -0.39 is 23.3 Å². The lowest BCUT2D eigenvalue weighted by molar-refractivity contribution is -0.136. The molecule has 0 radical (unpaired) electrons. The molecular formula is C18H28N2O3. The third-order valence-electron chi connectivity index (χ3n) is 3.94. The predicted octanol–water partition coefficient (Wildman–Crippen LogP) is 2.35. The highest BCUT2D eigenvalue weighted by atomic mass is 16.3. The second-order valence-corrected chi connectivity index (χ2v) is 6.87. The fourth-order valence-corrected chi connectivity index (χ4v) is 2.45. The molecule has 0 fully saturated rings. The lowest BCUT2D eigenvalue weighted by Gasteiger charge is -2.33. The summed E-state index contributed by atoms with van der Waals surface area (Å²) in [6.45, 7) is 9.81. The number of hydrogen-bond donors (Lipinski definition) is 3. The highest BCUT2D eigenvalue weighted by molar-refractivity contribution is 6.39. The maximum atomic E-state index is 11.9. The van der Waals surface area contributed by atoms with E-state index in [1.165, 1.54) is 0 Å². The van der Waals surface area contributed by atoms with E-state index in [2.05, 4.69) is 10.6 Å². The van der Waals surface area contributed by atoms with Crippen LogP contribution in [0.5, 0.6) is 0 Å². The van der Waals surface area contributed by atoms with Crippen LogP contribution in [0.25, 0.3) is 0 Å². The molecule has 23 heavy (non-hydrogen) atoms. The van der Waals surface area contributed by atoms with Crippen LogP contribution in [-0.2, 0) is 16.0 Å². The van der Waals surface area contributed by atoms with Gasteiger partial charge in [0.15, 0.2) is 0 Å². The molecule has 5 heteroatoms. The van der Waals surface area contributed by atoms with Gasteiger partial charge in [0, 0.05) is 17.6 Å². The fourth-order valence-electron chi connectivity index (χ4n) is 2.45. The molecule has 0 aliphatic carbocycles. The minimum absolute atomic E-state index is 0.0764. The molecule has 0 aliphatic heterocycles. The first-order valence-electron chi connectivity index (χ1n) is 8.03. The van der Waals surface area contributed by atoms with E-state index in [1.54, 1.807) is 6.07 Å². The summed E-state index contributed by atoms with van der Waals surface area (Å²) < 4.78 is 0. The average molecular weight is 320 g/mol. The Balaban J connectivity index is 2.59. The highest BCUT2D eigenvalue weighted by Gasteiger charge is 2.31. The van der Waals surface area contributed by atoms with Gasteiger partial charge in [-0.05, 0) is 30.0 Å².